The van der Waals surface area contributed by atoms with Crippen LogP contribution in [0, 0.1) is 0 Å². The Hall–Kier alpha value is -17.8. The van der Waals surface area contributed by atoms with E-state index >= 15 is 0 Å². The molecule has 0 aliphatic rings. The number of rotatable bonds is 20. The molecule has 0 atom stereocenters. The Bertz CT molecular complexity index is 9860. The van der Waals surface area contributed by atoms with Gasteiger partial charge in [-0.3, -0.25) is 0 Å². The van der Waals surface area contributed by atoms with Gasteiger partial charge in [0.15, 0.2) is 0 Å². The number of benzene rings is 23. The maximum Gasteiger partial charge on any atom is 0.0476 e. The molecule has 6 nitrogen and oxygen atoms in total. The molecule has 0 aliphatic carbocycles. The van der Waals surface area contributed by atoms with Gasteiger partial charge in [-0.25, -0.2) is 0 Å². The quantitative estimate of drug-likeness (QED) is 0.0752. The fourth-order valence-electron chi connectivity index (χ4n) is 21.2. The van der Waals surface area contributed by atoms with Crippen LogP contribution in [0.15, 0.2) is 558 Å². The molecule has 6 aromatic heterocycles. The Morgan fingerprint density at radius 3 is 0.460 bits per heavy atom. The standard InChI is InChI=1S/2C48H32N2S2.C42H28N2S2/c1-4-12-33(13-5-1)34-20-22-37(23-21-34)50(39-26-28-46-43(31-39)41-18-10-11-19-45(41)51-46)40-24-27-42-44-30-38(25-29-47(44)52-48(42)32-40)49(35-14-6-2-7-15-35)36-16-8-3-9-17-36;1-4-12-33(13-5-1)34-20-22-37(23-21-34)50(39-24-27-42-41-18-10-11-19-45(41)51-47(42)31-39)40-25-28-43-44-30-38(26-29-46(44)52-48(43)32-40)49(35-14-6-2-7-15-35)36-16-8-3-9-17-36;1-4-12-29(13-5-1)43(30-14-6-2-7-15-30)32-21-25-41-38(26-32)36-23-20-34(28-42(36)46-41)44(31-16-8-3-9-17-31)33-22-24-40-37(27-33)35-18-10-11-19-39(35)45-40/h2*1-32H;1-28H. The highest BCUT2D eigenvalue weighted by Gasteiger charge is 2.26. The Morgan fingerprint density at radius 2 is 0.227 bits per heavy atom. The van der Waals surface area contributed by atoms with Crippen LogP contribution in [0.5, 0.6) is 0 Å². The van der Waals surface area contributed by atoms with E-state index in [1.54, 1.807) is 0 Å². The Labute approximate surface area is 893 Å². The lowest BCUT2D eigenvalue weighted by atomic mass is 10.0. The van der Waals surface area contributed by atoms with Crippen molar-refractivity contribution >= 4 is 291 Å². The number of fused-ring (bicyclic) bond motifs is 18. The molecule has 0 bridgehead atoms. The zero-order chi connectivity index (χ0) is 99.3. The molecule has 0 spiro atoms. The Morgan fingerprint density at radius 1 is 0.0867 bits per heavy atom. The third kappa shape index (κ3) is 17.5. The fraction of sp³-hybridized carbons (Fsp3) is 0. The van der Waals surface area contributed by atoms with Crippen molar-refractivity contribution in [2.75, 3.05) is 29.4 Å². The van der Waals surface area contributed by atoms with E-state index in [1.165, 1.54) is 143 Å². The van der Waals surface area contributed by atoms with Crippen LogP contribution in [0.2, 0.25) is 0 Å². The van der Waals surface area contributed by atoms with Gasteiger partial charge in [0.25, 0.3) is 0 Å². The molecule has 0 saturated carbocycles. The molecule has 29 rings (SSSR count). The summed E-state index contributed by atoms with van der Waals surface area (Å²) in [6.07, 6.45) is 0. The van der Waals surface area contributed by atoms with Gasteiger partial charge in [-0.2, -0.15) is 0 Å². The molecule has 12 heteroatoms. The predicted molar refractivity (Wildman–Crippen MR) is 656 cm³/mol. The third-order valence-corrected chi connectivity index (χ3v) is 35.1. The maximum atomic E-state index is 2.41. The summed E-state index contributed by atoms with van der Waals surface area (Å²) in [6.45, 7) is 0. The average molecular weight is 2030 g/mol. The SMILES string of the molecule is c1ccc(-c2ccc(N(c3ccc4c(c3)sc3ccc(N(c5ccccc5)c5ccccc5)cc34)c3ccc4sc5ccccc5c4c3)cc2)cc1.c1ccc(-c2ccc(N(c3ccc4c(c3)sc3ccccc34)c3ccc4c(c3)sc3ccc(N(c5ccccc5)c5ccccc5)cc34)cc2)cc1.c1ccc(N(c2ccc3c(c2)sc2ccc(N(c4ccccc4)c4ccccc4)cc23)c2ccc3sc4ccccc4c3c2)cc1. The van der Waals surface area contributed by atoms with Crippen molar-refractivity contribution < 1.29 is 0 Å². The van der Waals surface area contributed by atoms with Crippen molar-refractivity contribution in [3.8, 4) is 22.3 Å². The van der Waals surface area contributed by atoms with E-state index in [2.05, 4.69) is 588 Å². The van der Waals surface area contributed by atoms with E-state index in [4.69, 9.17) is 0 Å². The highest BCUT2D eigenvalue weighted by Crippen LogP contribution is 2.52. The summed E-state index contributed by atoms with van der Waals surface area (Å²) in [5, 5.41) is 15.5. The minimum absolute atomic E-state index is 1.13. The van der Waals surface area contributed by atoms with E-state index < -0.39 is 0 Å². The van der Waals surface area contributed by atoms with E-state index in [0.29, 0.717) is 0 Å². The van der Waals surface area contributed by atoms with Crippen LogP contribution in [0.1, 0.15) is 0 Å². The summed E-state index contributed by atoms with van der Waals surface area (Å²) >= 11 is 11.1. The fourth-order valence-corrected chi connectivity index (χ4v) is 27.9. The molecule has 0 amide bonds. The predicted octanol–water partition coefficient (Wildman–Crippen LogP) is 43.4. The summed E-state index contributed by atoms with van der Waals surface area (Å²) in [5.74, 6) is 0. The topological polar surface area (TPSA) is 19.4 Å². The van der Waals surface area contributed by atoms with Gasteiger partial charge >= 0.3 is 0 Å². The minimum Gasteiger partial charge on any atom is -0.310 e. The number of hydrogen-bond donors (Lipinski definition) is 0. The Balaban J connectivity index is 0.000000111. The molecule has 0 unspecified atom stereocenters. The van der Waals surface area contributed by atoms with Gasteiger partial charge in [0.1, 0.15) is 0 Å². The van der Waals surface area contributed by atoms with Gasteiger partial charge in [0, 0.05) is 223 Å². The number of hydrogen-bond acceptors (Lipinski definition) is 12. The smallest absolute Gasteiger partial charge is 0.0476 e. The van der Waals surface area contributed by atoms with Crippen molar-refractivity contribution in [2.45, 2.75) is 0 Å². The van der Waals surface area contributed by atoms with Crippen LogP contribution >= 0.6 is 68.0 Å². The lowest BCUT2D eigenvalue weighted by Gasteiger charge is -2.26. The first kappa shape index (κ1) is 90.9. The molecule has 0 N–H and O–H groups in total. The molecule has 29 aromatic rings. The molecule has 0 saturated heterocycles. The van der Waals surface area contributed by atoms with Crippen LogP contribution in [0.25, 0.3) is 143 Å². The summed E-state index contributed by atoms with van der Waals surface area (Å²) in [7, 11) is 0. The van der Waals surface area contributed by atoms with E-state index in [-0.39, 0.29) is 0 Å². The van der Waals surface area contributed by atoms with Crippen molar-refractivity contribution in [1.29, 1.82) is 0 Å². The number of nitrogens with zero attached hydrogens (tertiary/aromatic N) is 6. The van der Waals surface area contributed by atoms with Gasteiger partial charge in [0.05, 0.1) is 0 Å². The van der Waals surface area contributed by atoms with Crippen LogP contribution in [-0.2, 0) is 0 Å². The highest BCUT2D eigenvalue weighted by molar-refractivity contribution is 7.28. The van der Waals surface area contributed by atoms with Crippen LogP contribution < -0.4 is 29.4 Å². The summed E-state index contributed by atoms with van der Waals surface area (Å²) in [4.78, 5) is 14.2. The summed E-state index contributed by atoms with van der Waals surface area (Å²) < 4.78 is 15.5. The lowest BCUT2D eigenvalue weighted by Crippen LogP contribution is -2.09. The highest BCUT2D eigenvalue weighted by atomic mass is 32.1. The third-order valence-electron chi connectivity index (χ3n) is 28.3. The molecule has 0 radical (unpaired) electrons. The minimum atomic E-state index is 1.13. The number of thiophene rings is 6. The second-order valence-corrected chi connectivity index (χ2v) is 43.9. The molecule has 6 heterocycles. The maximum absolute atomic E-state index is 2.41. The van der Waals surface area contributed by atoms with Crippen molar-refractivity contribution in [3.63, 3.8) is 0 Å². The first-order valence-electron chi connectivity index (χ1n) is 50.4. The van der Waals surface area contributed by atoms with Crippen molar-refractivity contribution in [2.24, 2.45) is 0 Å². The normalized spacial score (nSPS) is 11.5. The van der Waals surface area contributed by atoms with Gasteiger partial charge < -0.3 is 29.4 Å². The monoisotopic (exact) mass is 2020 g/mol. The molecule has 0 aliphatic heterocycles. The zero-order valence-electron chi connectivity index (χ0n) is 81.2. The van der Waals surface area contributed by atoms with Crippen LogP contribution in [0.4, 0.5) is 102 Å². The number of anilines is 18. The van der Waals surface area contributed by atoms with E-state index in [9.17, 15) is 0 Å². The van der Waals surface area contributed by atoms with Gasteiger partial charge in [-0.1, -0.05) is 291 Å². The molecular weight excluding hydrogens is 1930 g/mol. The summed E-state index contributed by atoms with van der Waals surface area (Å²) in [5.41, 5.74) is 25.4. The average Bonchev–Trinajstić information content (AvgIpc) is 1.60. The van der Waals surface area contributed by atoms with Gasteiger partial charge in [-0.15, -0.1) is 68.0 Å². The zero-order valence-corrected chi connectivity index (χ0v) is 86.1. The van der Waals surface area contributed by atoms with Gasteiger partial charge in [-0.05, 0) is 289 Å². The second kappa shape index (κ2) is 39.9. The second-order valence-electron chi connectivity index (χ2n) is 37.4. The van der Waals surface area contributed by atoms with Crippen molar-refractivity contribution in [3.05, 3.63) is 558 Å². The van der Waals surface area contributed by atoms with E-state index in [0.717, 1.165) is 102 Å². The molecule has 710 valence electrons. The molecule has 0 fully saturated rings. The van der Waals surface area contributed by atoms with Crippen molar-refractivity contribution in [1.82, 2.24) is 0 Å². The van der Waals surface area contributed by atoms with E-state index in [1.807, 2.05) is 68.0 Å². The lowest BCUT2D eigenvalue weighted by molar-refractivity contribution is 1.29. The molecular formula is C138H92N6S6. The first-order chi connectivity index (χ1) is 74.3. The largest absolute Gasteiger partial charge is 0.310 e. The Kier molecular flexibility index (Phi) is 24.2. The molecule has 150 heavy (non-hydrogen) atoms. The number of para-hydroxylation sites is 7. The molecule has 23 aromatic carbocycles. The van der Waals surface area contributed by atoms with Crippen LogP contribution in [-0.4, -0.2) is 0 Å². The summed E-state index contributed by atoms with van der Waals surface area (Å²) in [6, 6.07) is 202. The van der Waals surface area contributed by atoms with Gasteiger partial charge in [0.2, 0.25) is 0 Å². The van der Waals surface area contributed by atoms with Crippen LogP contribution in [0.3, 0.4) is 0 Å². The first-order valence-corrected chi connectivity index (χ1v) is 55.3.